The molecule has 116 valence electrons. The third kappa shape index (κ3) is 4.34. The minimum atomic E-state index is -0.507. The summed E-state index contributed by atoms with van der Waals surface area (Å²) in [7, 11) is 0. The summed E-state index contributed by atoms with van der Waals surface area (Å²) >= 11 is 0. The summed E-state index contributed by atoms with van der Waals surface area (Å²) in [5, 5.41) is 0. The lowest BCUT2D eigenvalue weighted by Crippen LogP contribution is -2.42. The zero-order chi connectivity index (χ0) is 15.6. The van der Waals surface area contributed by atoms with Crippen LogP contribution >= 0.6 is 0 Å². The van der Waals surface area contributed by atoms with Gasteiger partial charge in [0, 0.05) is 24.7 Å². The van der Waals surface area contributed by atoms with Crippen molar-refractivity contribution in [1.29, 1.82) is 0 Å². The number of piperidine rings is 1. The summed E-state index contributed by atoms with van der Waals surface area (Å²) in [6.07, 6.45) is 1.49. The molecule has 1 fully saturated rings. The van der Waals surface area contributed by atoms with Crippen LogP contribution in [0.4, 0.5) is 14.9 Å². The lowest BCUT2D eigenvalue weighted by Gasteiger charge is -2.34. The molecular formula is C16H23FN2O2. The second-order valence-corrected chi connectivity index (χ2v) is 6.58. The summed E-state index contributed by atoms with van der Waals surface area (Å²) < 4.78 is 18.9. The number of carbonyl (C=O) groups is 1. The topological polar surface area (TPSA) is 55.6 Å². The number of hydrogen-bond donors (Lipinski definition) is 1. The van der Waals surface area contributed by atoms with Crippen LogP contribution in [-0.4, -0.2) is 29.7 Å². The monoisotopic (exact) mass is 294 g/mol. The first-order valence-electron chi connectivity index (χ1n) is 7.28. The number of nitrogens with two attached hydrogens (primary N) is 1. The lowest BCUT2D eigenvalue weighted by atomic mass is 9.90. The second-order valence-electron chi connectivity index (χ2n) is 6.58. The SMILES string of the molecule is CC(C)(C)OC(=O)N1CCCC(c2cc(N)cc(F)c2)C1. The van der Waals surface area contributed by atoms with Gasteiger partial charge in [-0.05, 0) is 57.4 Å². The van der Waals surface area contributed by atoms with E-state index in [0.29, 0.717) is 18.8 Å². The van der Waals surface area contributed by atoms with Crippen molar-refractivity contribution in [3.63, 3.8) is 0 Å². The first-order chi connectivity index (χ1) is 9.74. The van der Waals surface area contributed by atoms with E-state index in [1.165, 1.54) is 12.1 Å². The summed E-state index contributed by atoms with van der Waals surface area (Å²) in [6, 6.07) is 4.59. The van der Waals surface area contributed by atoms with Crippen molar-refractivity contribution in [2.75, 3.05) is 18.8 Å². The molecule has 0 aromatic heterocycles. The molecule has 0 saturated carbocycles. The molecule has 1 aliphatic heterocycles. The van der Waals surface area contributed by atoms with E-state index in [2.05, 4.69) is 0 Å². The number of nitrogens with zero attached hydrogens (tertiary/aromatic N) is 1. The van der Waals surface area contributed by atoms with Crippen LogP contribution in [0.15, 0.2) is 18.2 Å². The molecule has 1 atom stereocenters. The van der Waals surface area contributed by atoms with E-state index in [1.54, 1.807) is 11.0 Å². The maximum Gasteiger partial charge on any atom is 0.410 e. The van der Waals surface area contributed by atoms with Gasteiger partial charge in [0.05, 0.1) is 0 Å². The van der Waals surface area contributed by atoms with Crippen LogP contribution in [0.5, 0.6) is 0 Å². The molecule has 1 unspecified atom stereocenters. The Morgan fingerprint density at radius 1 is 1.38 bits per heavy atom. The molecule has 1 aromatic rings. The highest BCUT2D eigenvalue weighted by Crippen LogP contribution is 2.29. The molecule has 1 amide bonds. The molecule has 1 aromatic carbocycles. The molecule has 1 saturated heterocycles. The van der Waals surface area contributed by atoms with Gasteiger partial charge in [0.1, 0.15) is 11.4 Å². The van der Waals surface area contributed by atoms with Gasteiger partial charge in [-0.1, -0.05) is 0 Å². The normalized spacial score (nSPS) is 19.4. The highest BCUT2D eigenvalue weighted by Gasteiger charge is 2.28. The van der Waals surface area contributed by atoms with Gasteiger partial charge < -0.3 is 15.4 Å². The number of rotatable bonds is 1. The zero-order valence-electron chi connectivity index (χ0n) is 12.9. The molecular weight excluding hydrogens is 271 g/mol. The van der Waals surface area contributed by atoms with Gasteiger partial charge in [0.25, 0.3) is 0 Å². The lowest BCUT2D eigenvalue weighted by molar-refractivity contribution is 0.0198. The molecule has 0 spiro atoms. The van der Waals surface area contributed by atoms with E-state index in [-0.39, 0.29) is 17.8 Å². The Morgan fingerprint density at radius 3 is 2.71 bits per heavy atom. The van der Waals surface area contributed by atoms with E-state index >= 15 is 0 Å². The maximum absolute atomic E-state index is 13.5. The zero-order valence-corrected chi connectivity index (χ0v) is 12.9. The van der Waals surface area contributed by atoms with Crippen molar-refractivity contribution in [2.45, 2.75) is 45.1 Å². The third-order valence-corrected chi connectivity index (χ3v) is 3.49. The van der Waals surface area contributed by atoms with Gasteiger partial charge in [0.15, 0.2) is 0 Å². The minimum absolute atomic E-state index is 0.101. The number of amides is 1. The van der Waals surface area contributed by atoms with Crippen molar-refractivity contribution >= 4 is 11.8 Å². The number of anilines is 1. The number of likely N-dealkylation sites (tertiary alicyclic amines) is 1. The number of hydrogen-bond acceptors (Lipinski definition) is 3. The molecule has 1 aliphatic rings. The Hall–Kier alpha value is -1.78. The average Bonchev–Trinajstić information content (AvgIpc) is 2.36. The Labute approximate surface area is 125 Å². The van der Waals surface area contributed by atoms with E-state index < -0.39 is 5.60 Å². The Morgan fingerprint density at radius 2 is 2.10 bits per heavy atom. The van der Waals surface area contributed by atoms with E-state index in [1.807, 2.05) is 20.8 Å². The molecule has 0 aliphatic carbocycles. The fourth-order valence-electron chi connectivity index (χ4n) is 2.61. The van der Waals surface area contributed by atoms with Crippen LogP contribution in [0.25, 0.3) is 0 Å². The maximum atomic E-state index is 13.5. The van der Waals surface area contributed by atoms with E-state index in [4.69, 9.17) is 10.5 Å². The fraction of sp³-hybridized carbons (Fsp3) is 0.562. The number of carbonyl (C=O) groups excluding carboxylic acids is 1. The Balaban J connectivity index is 2.08. The fourth-order valence-corrected chi connectivity index (χ4v) is 2.61. The number of halogens is 1. The van der Waals surface area contributed by atoms with Gasteiger partial charge in [0.2, 0.25) is 0 Å². The van der Waals surface area contributed by atoms with Crippen molar-refractivity contribution in [3.05, 3.63) is 29.6 Å². The Kier molecular flexibility index (Phi) is 4.40. The first kappa shape index (κ1) is 15.6. The minimum Gasteiger partial charge on any atom is -0.444 e. The molecule has 1 heterocycles. The number of nitrogen functional groups attached to an aromatic ring is 1. The largest absolute Gasteiger partial charge is 0.444 e. The average molecular weight is 294 g/mol. The molecule has 0 radical (unpaired) electrons. The van der Waals surface area contributed by atoms with Crippen LogP contribution in [0.3, 0.4) is 0 Å². The molecule has 4 nitrogen and oxygen atoms in total. The Bertz CT molecular complexity index is 505. The van der Waals surface area contributed by atoms with Gasteiger partial charge >= 0.3 is 6.09 Å². The van der Waals surface area contributed by atoms with Crippen LogP contribution in [0.1, 0.15) is 45.1 Å². The van der Waals surface area contributed by atoms with E-state index in [0.717, 1.165) is 18.4 Å². The standard InChI is InChI=1S/C16H23FN2O2/c1-16(2,3)21-15(20)19-6-4-5-11(10-19)12-7-13(17)9-14(18)8-12/h7-9,11H,4-6,10,18H2,1-3H3. The molecule has 5 heteroatoms. The summed E-state index contributed by atoms with van der Waals surface area (Å²) in [5.41, 5.74) is 6.46. The molecule has 21 heavy (non-hydrogen) atoms. The quantitative estimate of drug-likeness (QED) is 0.806. The van der Waals surface area contributed by atoms with Crippen LogP contribution in [0.2, 0.25) is 0 Å². The van der Waals surface area contributed by atoms with Crippen molar-refractivity contribution < 1.29 is 13.9 Å². The number of ether oxygens (including phenoxy) is 1. The highest BCUT2D eigenvalue weighted by molar-refractivity contribution is 5.68. The first-order valence-corrected chi connectivity index (χ1v) is 7.28. The smallest absolute Gasteiger partial charge is 0.410 e. The third-order valence-electron chi connectivity index (χ3n) is 3.49. The van der Waals surface area contributed by atoms with Gasteiger partial charge in [-0.25, -0.2) is 9.18 Å². The summed E-state index contributed by atoms with van der Waals surface area (Å²) in [5.74, 6) is -0.233. The van der Waals surface area contributed by atoms with Gasteiger partial charge in [-0.2, -0.15) is 0 Å². The predicted octanol–water partition coefficient (Wildman–Crippen LogP) is 3.52. The van der Waals surface area contributed by atoms with Crippen LogP contribution in [0, 0.1) is 5.82 Å². The van der Waals surface area contributed by atoms with Gasteiger partial charge in [-0.15, -0.1) is 0 Å². The summed E-state index contributed by atoms with van der Waals surface area (Å²) in [6.45, 7) is 6.76. The summed E-state index contributed by atoms with van der Waals surface area (Å²) in [4.78, 5) is 13.8. The van der Waals surface area contributed by atoms with Crippen LogP contribution in [-0.2, 0) is 4.74 Å². The molecule has 2 N–H and O–H groups in total. The van der Waals surface area contributed by atoms with Crippen molar-refractivity contribution in [2.24, 2.45) is 0 Å². The predicted molar refractivity (Wildman–Crippen MR) is 80.6 cm³/mol. The van der Waals surface area contributed by atoms with Crippen LogP contribution < -0.4 is 5.73 Å². The van der Waals surface area contributed by atoms with Crippen molar-refractivity contribution in [3.8, 4) is 0 Å². The highest BCUT2D eigenvalue weighted by atomic mass is 19.1. The molecule has 2 rings (SSSR count). The van der Waals surface area contributed by atoms with Crippen molar-refractivity contribution in [1.82, 2.24) is 4.90 Å². The van der Waals surface area contributed by atoms with E-state index in [9.17, 15) is 9.18 Å². The second kappa shape index (κ2) is 5.92. The number of benzene rings is 1. The van der Waals surface area contributed by atoms with Gasteiger partial charge in [-0.3, -0.25) is 0 Å². The molecule has 0 bridgehead atoms.